The lowest BCUT2D eigenvalue weighted by molar-refractivity contribution is -0.126. The predicted molar refractivity (Wildman–Crippen MR) is 113 cm³/mol. The molecule has 0 bridgehead atoms. The van der Waals surface area contributed by atoms with Gasteiger partial charge >= 0.3 is 5.97 Å². The molecule has 1 aliphatic rings. The summed E-state index contributed by atoms with van der Waals surface area (Å²) in [6.07, 6.45) is 1.76. The molecule has 0 saturated carbocycles. The van der Waals surface area contributed by atoms with Crippen molar-refractivity contribution in [3.8, 4) is 0 Å². The van der Waals surface area contributed by atoms with E-state index in [0.717, 1.165) is 22.9 Å². The molecule has 2 aromatic carbocycles. The second kappa shape index (κ2) is 8.37. The first kappa shape index (κ1) is 19.8. The third-order valence-corrected chi connectivity index (χ3v) is 5.31. The van der Waals surface area contributed by atoms with E-state index in [2.05, 4.69) is 5.32 Å². The molecule has 0 spiro atoms. The Bertz CT molecular complexity index is 1000. The summed E-state index contributed by atoms with van der Waals surface area (Å²) in [5.41, 5.74) is 2.54. The Labute approximate surface area is 171 Å². The van der Waals surface area contributed by atoms with Crippen LogP contribution in [0.4, 0.5) is 5.69 Å². The van der Waals surface area contributed by atoms with Crippen molar-refractivity contribution in [2.24, 2.45) is 0 Å². The van der Waals surface area contributed by atoms with E-state index in [1.165, 1.54) is 29.2 Å². The van der Waals surface area contributed by atoms with Gasteiger partial charge in [-0.05, 0) is 42.8 Å². The molecule has 1 fully saturated rings. The van der Waals surface area contributed by atoms with Crippen molar-refractivity contribution in [2.45, 2.75) is 6.92 Å². The fourth-order valence-corrected chi connectivity index (χ4v) is 3.84. The van der Waals surface area contributed by atoms with Gasteiger partial charge in [-0.3, -0.25) is 14.5 Å². The van der Waals surface area contributed by atoms with Gasteiger partial charge in [0, 0.05) is 5.69 Å². The number of nitrogens with zero attached hydrogens (tertiary/aromatic N) is 1. The number of rotatable bonds is 5. The minimum Gasteiger partial charge on any atom is -0.478 e. The number of carbonyl (C=O) groups is 3. The van der Waals surface area contributed by atoms with Gasteiger partial charge in [0.2, 0.25) is 5.91 Å². The molecule has 1 heterocycles. The number of thiocarbonyl (C=S) groups is 1. The van der Waals surface area contributed by atoms with E-state index in [1.807, 2.05) is 31.2 Å². The fourth-order valence-electron chi connectivity index (χ4n) is 2.59. The smallest absolute Gasteiger partial charge is 0.335 e. The average Bonchev–Trinajstić information content (AvgIpc) is 2.89. The summed E-state index contributed by atoms with van der Waals surface area (Å²) < 4.78 is 0.320. The highest BCUT2D eigenvalue weighted by atomic mass is 32.2. The summed E-state index contributed by atoms with van der Waals surface area (Å²) in [7, 11) is 0. The van der Waals surface area contributed by atoms with Gasteiger partial charge in [0.05, 0.1) is 10.5 Å². The Morgan fingerprint density at radius 1 is 1.21 bits per heavy atom. The molecule has 2 aromatic rings. The first-order chi connectivity index (χ1) is 13.3. The van der Waals surface area contributed by atoms with Crippen LogP contribution in [0.5, 0.6) is 0 Å². The number of thioether (sulfide) groups is 1. The van der Waals surface area contributed by atoms with Crippen molar-refractivity contribution >= 4 is 57.8 Å². The molecule has 6 nitrogen and oxygen atoms in total. The molecule has 0 aliphatic carbocycles. The molecule has 0 unspecified atom stereocenters. The maximum atomic E-state index is 12.6. The zero-order valence-electron chi connectivity index (χ0n) is 14.8. The molecule has 1 saturated heterocycles. The number of carboxylic acids is 1. The van der Waals surface area contributed by atoms with Crippen LogP contribution in [0.2, 0.25) is 0 Å². The topological polar surface area (TPSA) is 86.7 Å². The van der Waals surface area contributed by atoms with Crippen LogP contribution in [-0.4, -0.2) is 38.7 Å². The quantitative estimate of drug-likeness (QED) is 0.577. The highest BCUT2D eigenvalue weighted by molar-refractivity contribution is 8.26. The third-order valence-electron chi connectivity index (χ3n) is 3.93. The highest BCUT2D eigenvalue weighted by Gasteiger charge is 2.33. The monoisotopic (exact) mass is 412 g/mol. The molecule has 0 aromatic heterocycles. The summed E-state index contributed by atoms with van der Waals surface area (Å²) in [6.45, 7) is 1.76. The zero-order chi connectivity index (χ0) is 20.3. The van der Waals surface area contributed by atoms with Crippen LogP contribution in [0.1, 0.15) is 21.5 Å². The standard InChI is InChI=1S/C20H16N2O4S2/c1-12-3-2-4-13(9-12)10-16-18(24)22(20(27)28-16)11-17(23)21-15-7-5-14(6-8-15)19(25)26/h2-10H,11H2,1H3,(H,21,23)(H,25,26)/b16-10-. The van der Waals surface area contributed by atoms with Gasteiger partial charge in [-0.1, -0.05) is 53.8 Å². The van der Waals surface area contributed by atoms with Gasteiger partial charge in [-0.2, -0.15) is 0 Å². The Morgan fingerprint density at radius 2 is 1.93 bits per heavy atom. The van der Waals surface area contributed by atoms with Crippen LogP contribution < -0.4 is 5.32 Å². The second-order valence-corrected chi connectivity index (χ2v) is 7.79. The first-order valence-electron chi connectivity index (χ1n) is 8.29. The Hall–Kier alpha value is -2.97. The van der Waals surface area contributed by atoms with Crippen LogP contribution in [-0.2, 0) is 9.59 Å². The Morgan fingerprint density at radius 3 is 2.57 bits per heavy atom. The first-order valence-corrected chi connectivity index (χ1v) is 9.51. The Kier molecular flexibility index (Phi) is 5.91. The van der Waals surface area contributed by atoms with Gasteiger partial charge in [0.1, 0.15) is 10.9 Å². The van der Waals surface area contributed by atoms with E-state index in [0.29, 0.717) is 14.9 Å². The molecular weight excluding hydrogens is 396 g/mol. The van der Waals surface area contributed by atoms with Crippen LogP contribution in [0.25, 0.3) is 6.08 Å². The fraction of sp³-hybridized carbons (Fsp3) is 0.100. The van der Waals surface area contributed by atoms with Crippen molar-refractivity contribution < 1.29 is 19.5 Å². The average molecular weight is 412 g/mol. The van der Waals surface area contributed by atoms with Gasteiger partial charge in [0.15, 0.2) is 0 Å². The number of nitrogens with one attached hydrogen (secondary N) is 1. The molecule has 0 atom stereocenters. The third kappa shape index (κ3) is 4.65. The molecule has 1 aliphatic heterocycles. The minimum atomic E-state index is -1.05. The van der Waals surface area contributed by atoms with Crippen molar-refractivity contribution in [2.75, 3.05) is 11.9 Å². The summed E-state index contributed by atoms with van der Waals surface area (Å²) >= 11 is 6.41. The number of carboxylic acid groups (broad SMARTS) is 1. The molecule has 28 heavy (non-hydrogen) atoms. The zero-order valence-corrected chi connectivity index (χ0v) is 16.5. The van der Waals surface area contributed by atoms with Crippen molar-refractivity contribution in [3.63, 3.8) is 0 Å². The molecule has 8 heteroatoms. The summed E-state index contributed by atoms with van der Waals surface area (Å²) in [5, 5.41) is 11.5. The minimum absolute atomic E-state index is 0.122. The number of hydrogen-bond acceptors (Lipinski definition) is 5. The van der Waals surface area contributed by atoms with Crippen LogP contribution in [0.15, 0.2) is 53.4 Å². The summed E-state index contributed by atoms with van der Waals surface area (Å²) in [5.74, 6) is -1.78. The number of hydrogen-bond donors (Lipinski definition) is 2. The highest BCUT2D eigenvalue weighted by Crippen LogP contribution is 2.32. The lowest BCUT2D eigenvalue weighted by atomic mass is 10.1. The number of aromatic carboxylic acids is 1. The molecule has 142 valence electrons. The van der Waals surface area contributed by atoms with Crippen LogP contribution in [0.3, 0.4) is 0 Å². The van der Waals surface area contributed by atoms with E-state index in [9.17, 15) is 14.4 Å². The van der Waals surface area contributed by atoms with Crippen molar-refractivity contribution in [1.82, 2.24) is 4.90 Å². The Balaban J connectivity index is 1.66. The van der Waals surface area contributed by atoms with E-state index < -0.39 is 11.9 Å². The van der Waals surface area contributed by atoms with Crippen molar-refractivity contribution in [3.05, 3.63) is 70.1 Å². The van der Waals surface area contributed by atoms with E-state index >= 15 is 0 Å². The molecule has 2 N–H and O–H groups in total. The van der Waals surface area contributed by atoms with Crippen LogP contribution >= 0.6 is 24.0 Å². The number of carbonyl (C=O) groups excluding carboxylic acids is 2. The molecular formula is C20H16N2O4S2. The summed E-state index contributed by atoms with van der Waals surface area (Å²) in [4.78, 5) is 37.5. The van der Waals surface area contributed by atoms with E-state index in [1.54, 1.807) is 6.08 Å². The predicted octanol–water partition coefficient (Wildman–Crippen LogP) is 3.53. The number of amides is 2. The van der Waals surface area contributed by atoms with E-state index in [4.69, 9.17) is 17.3 Å². The second-order valence-electron chi connectivity index (χ2n) is 6.11. The maximum Gasteiger partial charge on any atom is 0.335 e. The molecule has 3 rings (SSSR count). The lowest BCUT2D eigenvalue weighted by Gasteiger charge is -2.14. The van der Waals surface area contributed by atoms with Gasteiger partial charge in [-0.25, -0.2) is 4.79 Å². The van der Waals surface area contributed by atoms with Gasteiger partial charge < -0.3 is 10.4 Å². The largest absolute Gasteiger partial charge is 0.478 e. The number of benzene rings is 2. The van der Waals surface area contributed by atoms with Crippen molar-refractivity contribution in [1.29, 1.82) is 0 Å². The maximum absolute atomic E-state index is 12.6. The van der Waals surface area contributed by atoms with Crippen LogP contribution in [0, 0.1) is 6.92 Å². The molecule has 0 radical (unpaired) electrons. The SMILES string of the molecule is Cc1cccc(/C=C2\SC(=S)N(CC(=O)Nc3ccc(C(=O)O)cc3)C2=O)c1. The summed E-state index contributed by atoms with van der Waals surface area (Å²) in [6, 6.07) is 13.5. The normalized spacial score (nSPS) is 15.2. The number of anilines is 1. The van der Waals surface area contributed by atoms with E-state index in [-0.39, 0.29) is 18.0 Å². The molecule has 2 amide bonds. The van der Waals surface area contributed by atoms with Gasteiger partial charge in [0.25, 0.3) is 5.91 Å². The lowest BCUT2D eigenvalue weighted by Crippen LogP contribution is -2.36. The van der Waals surface area contributed by atoms with Gasteiger partial charge in [-0.15, -0.1) is 0 Å². The number of aryl methyl sites for hydroxylation is 1.